The van der Waals surface area contributed by atoms with Crippen molar-refractivity contribution in [1.29, 1.82) is 0 Å². The third kappa shape index (κ3) is 3.66. The molecule has 0 aliphatic carbocycles. The van der Waals surface area contributed by atoms with E-state index >= 15 is 0 Å². The van der Waals surface area contributed by atoms with Crippen LogP contribution < -0.4 is 10.0 Å². The van der Waals surface area contributed by atoms with Crippen LogP contribution in [0, 0.1) is 0 Å². The van der Waals surface area contributed by atoms with Crippen LogP contribution in [-0.4, -0.2) is 17.9 Å². The highest BCUT2D eigenvalue weighted by atomic mass is 31.0. The van der Waals surface area contributed by atoms with Crippen LogP contribution in [0.1, 0.15) is 39.2 Å². The zero-order chi connectivity index (χ0) is 13.8. The first-order valence-corrected chi connectivity index (χ1v) is 6.90. The molecule has 1 N–H and O–H groups in total. The van der Waals surface area contributed by atoms with Gasteiger partial charge in [0, 0.05) is 5.30 Å². The fourth-order valence-electron chi connectivity index (χ4n) is 1.81. The van der Waals surface area contributed by atoms with Gasteiger partial charge >= 0.3 is 0 Å². The summed E-state index contributed by atoms with van der Waals surface area (Å²) in [6.45, 7) is 5.38. The van der Waals surface area contributed by atoms with Gasteiger partial charge < -0.3 is 9.84 Å². The minimum atomic E-state index is -1.01. The monoisotopic (exact) mass is 272 g/mol. The summed E-state index contributed by atoms with van der Waals surface area (Å²) in [7, 11) is 2.56. The molecule has 0 bridgehead atoms. The Morgan fingerprint density at radius 2 is 2.00 bits per heavy atom. The van der Waals surface area contributed by atoms with Crippen LogP contribution in [0.4, 0.5) is 4.39 Å². The summed E-state index contributed by atoms with van der Waals surface area (Å²) < 4.78 is 18.2. The smallest absolute Gasteiger partial charge is 0.131 e. The Labute approximate surface area is 111 Å². The second kappa shape index (κ2) is 6.49. The second-order valence-corrected chi connectivity index (χ2v) is 5.21. The van der Waals surface area contributed by atoms with E-state index in [4.69, 9.17) is 4.74 Å². The summed E-state index contributed by atoms with van der Waals surface area (Å²) >= 11 is 0. The molecule has 0 spiro atoms. The fourth-order valence-corrected chi connectivity index (χ4v) is 2.07. The first-order chi connectivity index (χ1) is 8.42. The highest BCUT2D eigenvalue weighted by Crippen LogP contribution is 2.30. The number of hydrogen-bond acceptors (Lipinski definition) is 2. The molecule has 1 aromatic carbocycles. The van der Waals surface area contributed by atoms with E-state index in [0.717, 1.165) is 10.9 Å². The van der Waals surface area contributed by atoms with E-state index in [-0.39, 0.29) is 6.61 Å². The summed E-state index contributed by atoms with van der Waals surface area (Å²) in [6, 6.07) is 5.56. The lowest BCUT2D eigenvalue weighted by molar-refractivity contribution is 0.0281. The zero-order valence-electron chi connectivity index (χ0n) is 11.2. The standard InChI is InChI=1S/C14H22FO2P/c1-4-14(16,5-2)11-6-7-13(18)12(8-11)17-9-10(3)15/h6-8,10,16H,4-5,9,18H2,1-3H3. The average Bonchev–Trinajstić information content (AvgIpc) is 2.36. The third-order valence-electron chi connectivity index (χ3n) is 3.19. The molecule has 0 aliphatic rings. The normalized spacial score (nSPS) is 13.4. The largest absolute Gasteiger partial charge is 0.490 e. The highest BCUT2D eigenvalue weighted by Gasteiger charge is 2.25. The molecule has 0 radical (unpaired) electrons. The Morgan fingerprint density at radius 3 is 2.50 bits per heavy atom. The zero-order valence-corrected chi connectivity index (χ0v) is 12.4. The molecule has 0 aromatic heterocycles. The van der Waals surface area contributed by atoms with E-state index in [9.17, 15) is 9.50 Å². The average molecular weight is 272 g/mol. The van der Waals surface area contributed by atoms with Crippen molar-refractivity contribution in [2.45, 2.75) is 45.4 Å². The summed E-state index contributed by atoms with van der Waals surface area (Å²) in [4.78, 5) is 0. The second-order valence-electron chi connectivity index (χ2n) is 4.58. The molecular weight excluding hydrogens is 250 g/mol. The quantitative estimate of drug-likeness (QED) is 0.807. The molecule has 2 unspecified atom stereocenters. The minimum Gasteiger partial charge on any atom is -0.490 e. The van der Waals surface area contributed by atoms with Crippen LogP contribution in [-0.2, 0) is 5.60 Å². The number of halogens is 1. The maximum atomic E-state index is 12.8. The van der Waals surface area contributed by atoms with E-state index in [2.05, 4.69) is 9.24 Å². The van der Waals surface area contributed by atoms with E-state index in [1.165, 1.54) is 6.92 Å². The van der Waals surface area contributed by atoms with Crippen molar-refractivity contribution in [2.75, 3.05) is 6.61 Å². The van der Waals surface area contributed by atoms with Crippen LogP contribution in [0.2, 0.25) is 0 Å². The van der Waals surface area contributed by atoms with Crippen LogP contribution in [0.5, 0.6) is 5.75 Å². The Bertz CT molecular complexity index is 389. The fraction of sp³-hybridized carbons (Fsp3) is 0.571. The number of hydrogen-bond donors (Lipinski definition) is 1. The van der Waals surface area contributed by atoms with E-state index in [1.807, 2.05) is 26.0 Å². The van der Waals surface area contributed by atoms with Crippen molar-refractivity contribution in [3.8, 4) is 5.75 Å². The molecule has 0 saturated heterocycles. The van der Waals surface area contributed by atoms with Crippen LogP contribution in [0.3, 0.4) is 0 Å². The van der Waals surface area contributed by atoms with E-state index in [0.29, 0.717) is 18.6 Å². The predicted molar refractivity (Wildman–Crippen MR) is 76.3 cm³/mol. The van der Waals surface area contributed by atoms with Crippen LogP contribution in [0.25, 0.3) is 0 Å². The summed E-state index contributed by atoms with van der Waals surface area (Å²) in [5.41, 5.74) is -0.0159. The van der Waals surface area contributed by atoms with E-state index < -0.39 is 11.8 Å². The van der Waals surface area contributed by atoms with Gasteiger partial charge in [0.15, 0.2) is 0 Å². The van der Waals surface area contributed by atoms with Crippen molar-refractivity contribution in [2.24, 2.45) is 0 Å². The van der Waals surface area contributed by atoms with Gasteiger partial charge in [0.25, 0.3) is 0 Å². The first kappa shape index (κ1) is 15.4. The lowest BCUT2D eigenvalue weighted by Crippen LogP contribution is -2.24. The highest BCUT2D eigenvalue weighted by molar-refractivity contribution is 7.27. The first-order valence-electron chi connectivity index (χ1n) is 6.32. The van der Waals surface area contributed by atoms with Gasteiger partial charge in [-0.1, -0.05) is 26.0 Å². The molecule has 4 heteroatoms. The Balaban J connectivity index is 2.99. The lowest BCUT2D eigenvalue weighted by atomic mass is 9.88. The van der Waals surface area contributed by atoms with Gasteiger partial charge in [-0.25, -0.2) is 4.39 Å². The molecular formula is C14H22FO2P. The van der Waals surface area contributed by atoms with Crippen molar-refractivity contribution in [3.63, 3.8) is 0 Å². The van der Waals surface area contributed by atoms with Gasteiger partial charge in [-0.05, 0) is 31.4 Å². The van der Waals surface area contributed by atoms with E-state index in [1.54, 1.807) is 6.07 Å². The predicted octanol–water partition coefficient (Wildman–Crippen LogP) is 2.93. The summed E-state index contributed by atoms with van der Waals surface area (Å²) in [5.74, 6) is 0.613. The number of aliphatic hydroxyl groups is 1. The van der Waals surface area contributed by atoms with Gasteiger partial charge in [0.05, 0.1) is 5.60 Å². The molecule has 2 atom stereocenters. The van der Waals surface area contributed by atoms with Crippen molar-refractivity contribution >= 4 is 14.5 Å². The molecule has 0 heterocycles. The molecule has 102 valence electrons. The summed E-state index contributed by atoms with van der Waals surface area (Å²) in [6.07, 6.45) is 0.270. The Morgan fingerprint density at radius 1 is 1.39 bits per heavy atom. The molecule has 0 saturated carbocycles. The van der Waals surface area contributed by atoms with Gasteiger partial charge in [-0.3, -0.25) is 0 Å². The minimum absolute atomic E-state index is 0.0293. The molecule has 1 rings (SSSR count). The van der Waals surface area contributed by atoms with Crippen LogP contribution in [0.15, 0.2) is 18.2 Å². The van der Waals surface area contributed by atoms with Gasteiger partial charge in [0.1, 0.15) is 18.5 Å². The summed E-state index contributed by atoms with van der Waals surface area (Å²) in [5, 5.41) is 11.3. The number of rotatable bonds is 6. The molecule has 1 aromatic rings. The number of ether oxygens (including phenoxy) is 1. The Hall–Kier alpha value is -0.660. The SMILES string of the molecule is CCC(O)(CC)c1ccc(P)c(OCC(C)F)c1. The van der Waals surface area contributed by atoms with Gasteiger partial charge in [-0.15, -0.1) is 9.24 Å². The number of alkyl halides is 1. The third-order valence-corrected chi connectivity index (χ3v) is 3.67. The lowest BCUT2D eigenvalue weighted by Gasteiger charge is -2.26. The van der Waals surface area contributed by atoms with Gasteiger partial charge in [-0.2, -0.15) is 0 Å². The molecule has 2 nitrogen and oxygen atoms in total. The maximum absolute atomic E-state index is 12.8. The Kier molecular flexibility index (Phi) is 5.55. The molecule has 0 aliphatic heterocycles. The molecule has 18 heavy (non-hydrogen) atoms. The van der Waals surface area contributed by atoms with Crippen LogP contribution >= 0.6 is 9.24 Å². The maximum Gasteiger partial charge on any atom is 0.131 e. The van der Waals surface area contributed by atoms with Crippen molar-refractivity contribution in [1.82, 2.24) is 0 Å². The van der Waals surface area contributed by atoms with Gasteiger partial charge in [0.2, 0.25) is 0 Å². The molecule has 0 amide bonds. The van der Waals surface area contributed by atoms with Crippen molar-refractivity contribution in [3.05, 3.63) is 23.8 Å². The topological polar surface area (TPSA) is 29.5 Å². The van der Waals surface area contributed by atoms with Crippen molar-refractivity contribution < 1.29 is 14.2 Å². The number of benzene rings is 1. The molecule has 0 fully saturated rings.